The summed E-state index contributed by atoms with van der Waals surface area (Å²) in [5.74, 6) is 0. The van der Waals surface area contributed by atoms with Gasteiger partial charge in [0, 0.05) is 19.1 Å². The van der Waals surface area contributed by atoms with Crippen LogP contribution in [0.1, 0.15) is 12.8 Å². The van der Waals surface area contributed by atoms with E-state index in [0.29, 0.717) is 6.04 Å². The van der Waals surface area contributed by atoms with Crippen LogP contribution in [-0.4, -0.2) is 44.3 Å². The molecule has 12 heavy (non-hydrogen) atoms. The Hall–Kier alpha value is -0.770. The highest BCUT2D eigenvalue weighted by atomic mass is 16.5. The number of hydrogen-bond donors (Lipinski definition) is 1. The first-order valence-electron chi connectivity index (χ1n) is 4.28. The Morgan fingerprint density at radius 3 is 3.00 bits per heavy atom. The van der Waals surface area contributed by atoms with Crippen molar-refractivity contribution >= 4 is 6.09 Å². The zero-order chi connectivity index (χ0) is 8.97. The van der Waals surface area contributed by atoms with E-state index in [9.17, 15) is 4.79 Å². The molecule has 0 aromatic rings. The van der Waals surface area contributed by atoms with Crippen LogP contribution in [0.25, 0.3) is 0 Å². The zero-order valence-corrected chi connectivity index (χ0v) is 7.67. The fourth-order valence-corrected chi connectivity index (χ4v) is 1.51. The molecule has 0 radical (unpaired) electrons. The molecule has 1 fully saturated rings. The first-order chi connectivity index (χ1) is 5.77. The third kappa shape index (κ3) is 2.11. The number of likely N-dealkylation sites (N-methyl/N-ethyl adjacent to an activating group) is 1. The van der Waals surface area contributed by atoms with Gasteiger partial charge >= 0.3 is 6.09 Å². The average Bonchev–Trinajstić information content (AvgIpc) is 2.17. The predicted molar refractivity (Wildman–Crippen MR) is 46.1 cm³/mol. The fraction of sp³-hybridized carbons (Fsp3) is 0.875. The molecule has 0 spiro atoms. The van der Waals surface area contributed by atoms with Crippen LogP contribution in [0, 0.1) is 0 Å². The number of carbonyl (C=O) groups is 1. The van der Waals surface area contributed by atoms with Crippen LogP contribution in [-0.2, 0) is 4.74 Å². The lowest BCUT2D eigenvalue weighted by atomic mass is 10.1. The van der Waals surface area contributed by atoms with Gasteiger partial charge < -0.3 is 15.0 Å². The summed E-state index contributed by atoms with van der Waals surface area (Å²) in [6.07, 6.45) is 1.99. The molecule has 1 saturated heterocycles. The minimum Gasteiger partial charge on any atom is -0.453 e. The number of hydrogen-bond acceptors (Lipinski definition) is 3. The van der Waals surface area contributed by atoms with Crippen LogP contribution in [0.2, 0.25) is 0 Å². The maximum atomic E-state index is 11.1. The quantitative estimate of drug-likeness (QED) is 0.624. The van der Waals surface area contributed by atoms with Gasteiger partial charge in [-0.15, -0.1) is 0 Å². The number of nitrogens with zero attached hydrogens (tertiary/aromatic N) is 1. The summed E-state index contributed by atoms with van der Waals surface area (Å²) in [4.78, 5) is 12.8. The molecular weight excluding hydrogens is 156 g/mol. The van der Waals surface area contributed by atoms with Crippen LogP contribution in [0.5, 0.6) is 0 Å². The Balaban J connectivity index is 2.40. The number of likely N-dealkylation sites (tertiary alicyclic amines) is 1. The largest absolute Gasteiger partial charge is 0.453 e. The Morgan fingerprint density at radius 1 is 1.67 bits per heavy atom. The van der Waals surface area contributed by atoms with Crippen molar-refractivity contribution in [2.24, 2.45) is 0 Å². The standard InChI is InChI=1S/C8H16N2O2/c1-9-7-4-3-5-10(6-7)8(11)12-2/h7,9H,3-6H2,1-2H3. The highest BCUT2D eigenvalue weighted by Crippen LogP contribution is 2.10. The van der Waals surface area contributed by atoms with Gasteiger partial charge in [0.2, 0.25) is 0 Å². The zero-order valence-electron chi connectivity index (χ0n) is 7.67. The number of methoxy groups -OCH3 is 1. The van der Waals surface area contributed by atoms with Gasteiger partial charge in [0.05, 0.1) is 7.11 Å². The molecule has 1 aliphatic heterocycles. The number of nitrogens with one attached hydrogen (secondary N) is 1. The van der Waals surface area contributed by atoms with Gasteiger partial charge in [-0.2, -0.15) is 0 Å². The third-order valence-corrected chi connectivity index (χ3v) is 2.26. The van der Waals surface area contributed by atoms with Gasteiger partial charge in [-0.1, -0.05) is 0 Å². The van der Waals surface area contributed by atoms with E-state index in [2.05, 4.69) is 10.1 Å². The molecule has 0 aliphatic carbocycles. The van der Waals surface area contributed by atoms with Crippen LogP contribution >= 0.6 is 0 Å². The highest BCUT2D eigenvalue weighted by Gasteiger charge is 2.22. The fourth-order valence-electron chi connectivity index (χ4n) is 1.51. The molecule has 70 valence electrons. The second-order valence-corrected chi connectivity index (χ2v) is 3.04. The lowest BCUT2D eigenvalue weighted by Gasteiger charge is -2.31. The van der Waals surface area contributed by atoms with Crippen molar-refractivity contribution in [3.8, 4) is 0 Å². The van der Waals surface area contributed by atoms with Crippen molar-refractivity contribution in [3.05, 3.63) is 0 Å². The summed E-state index contributed by atoms with van der Waals surface area (Å²) in [5.41, 5.74) is 0. The summed E-state index contributed by atoms with van der Waals surface area (Å²) in [7, 11) is 3.34. The Labute approximate surface area is 72.9 Å². The molecule has 1 rings (SSSR count). The van der Waals surface area contributed by atoms with Crippen molar-refractivity contribution in [2.45, 2.75) is 18.9 Å². The molecule has 1 amide bonds. The molecule has 0 aromatic carbocycles. The van der Waals surface area contributed by atoms with Crippen LogP contribution in [0.4, 0.5) is 4.79 Å². The van der Waals surface area contributed by atoms with E-state index in [-0.39, 0.29) is 6.09 Å². The maximum Gasteiger partial charge on any atom is 0.409 e. The Morgan fingerprint density at radius 2 is 2.42 bits per heavy atom. The number of carbonyl (C=O) groups excluding carboxylic acids is 1. The molecule has 1 atom stereocenters. The minimum atomic E-state index is -0.213. The van der Waals surface area contributed by atoms with E-state index >= 15 is 0 Å². The second kappa shape index (κ2) is 4.30. The van der Waals surface area contributed by atoms with Gasteiger partial charge in [0.1, 0.15) is 0 Å². The Bertz CT molecular complexity index is 161. The normalized spacial score (nSPS) is 23.8. The summed E-state index contributed by atoms with van der Waals surface area (Å²) in [6.45, 7) is 1.59. The van der Waals surface area contributed by atoms with Gasteiger partial charge in [0.15, 0.2) is 0 Å². The smallest absolute Gasteiger partial charge is 0.409 e. The van der Waals surface area contributed by atoms with Crippen molar-refractivity contribution in [3.63, 3.8) is 0 Å². The van der Waals surface area contributed by atoms with Gasteiger partial charge in [-0.25, -0.2) is 4.79 Å². The van der Waals surface area contributed by atoms with Crippen molar-refractivity contribution < 1.29 is 9.53 Å². The second-order valence-electron chi connectivity index (χ2n) is 3.04. The Kier molecular flexibility index (Phi) is 3.34. The highest BCUT2D eigenvalue weighted by molar-refractivity contribution is 5.67. The van der Waals surface area contributed by atoms with Gasteiger partial charge in [-0.3, -0.25) is 0 Å². The molecule has 1 aliphatic rings. The lowest BCUT2D eigenvalue weighted by molar-refractivity contribution is 0.108. The number of amides is 1. The monoisotopic (exact) mass is 172 g/mol. The van der Waals surface area contributed by atoms with E-state index in [1.54, 1.807) is 4.90 Å². The maximum absolute atomic E-state index is 11.1. The summed E-state index contributed by atoms with van der Waals surface area (Å²) in [6, 6.07) is 0.429. The molecule has 1 N–H and O–H groups in total. The van der Waals surface area contributed by atoms with Gasteiger partial charge in [0.25, 0.3) is 0 Å². The summed E-state index contributed by atoms with van der Waals surface area (Å²) in [5, 5.41) is 3.16. The average molecular weight is 172 g/mol. The van der Waals surface area contributed by atoms with Crippen molar-refractivity contribution in [1.29, 1.82) is 0 Å². The molecule has 1 unspecified atom stereocenters. The number of rotatable bonds is 1. The molecule has 1 heterocycles. The summed E-state index contributed by atoms with van der Waals surface area (Å²) < 4.78 is 4.64. The minimum absolute atomic E-state index is 0.213. The van der Waals surface area contributed by atoms with Crippen LogP contribution < -0.4 is 5.32 Å². The van der Waals surface area contributed by atoms with Crippen LogP contribution in [0.15, 0.2) is 0 Å². The van der Waals surface area contributed by atoms with Gasteiger partial charge in [-0.05, 0) is 19.9 Å². The molecular formula is C8H16N2O2. The molecule has 0 saturated carbocycles. The van der Waals surface area contributed by atoms with E-state index in [1.165, 1.54) is 7.11 Å². The molecule has 0 aromatic heterocycles. The SMILES string of the molecule is CNC1CCCN(C(=O)OC)C1. The first kappa shape index (κ1) is 9.32. The topological polar surface area (TPSA) is 41.6 Å². The van der Waals surface area contributed by atoms with Crippen molar-refractivity contribution in [1.82, 2.24) is 10.2 Å². The molecule has 4 heteroatoms. The number of piperidine rings is 1. The lowest BCUT2D eigenvalue weighted by Crippen LogP contribution is -2.46. The molecule has 4 nitrogen and oxygen atoms in total. The van der Waals surface area contributed by atoms with Crippen LogP contribution in [0.3, 0.4) is 0 Å². The van der Waals surface area contributed by atoms with E-state index in [0.717, 1.165) is 25.9 Å². The first-order valence-corrected chi connectivity index (χ1v) is 4.28. The molecule has 0 bridgehead atoms. The summed E-state index contributed by atoms with van der Waals surface area (Å²) >= 11 is 0. The number of ether oxygens (including phenoxy) is 1. The van der Waals surface area contributed by atoms with Crippen molar-refractivity contribution in [2.75, 3.05) is 27.2 Å². The van der Waals surface area contributed by atoms with E-state index < -0.39 is 0 Å². The van der Waals surface area contributed by atoms with E-state index in [4.69, 9.17) is 0 Å². The predicted octanol–water partition coefficient (Wildman–Crippen LogP) is 0.437. The van der Waals surface area contributed by atoms with E-state index in [1.807, 2.05) is 7.05 Å². The third-order valence-electron chi connectivity index (χ3n) is 2.26.